The van der Waals surface area contributed by atoms with E-state index in [0.717, 1.165) is 28.5 Å². The molecule has 6 rings (SSSR count). The first kappa shape index (κ1) is 49.8. The second kappa shape index (κ2) is 23.7. The molecule has 2 heterocycles. The molecule has 0 saturated heterocycles. The van der Waals surface area contributed by atoms with Crippen molar-refractivity contribution in [2.24, 2.45) is 5.92 Å². The Morgan fingerprint density at radius 1 is 0.881 bits per heavy atom. The summed E-state index contributed by atoms with van der Waals surface area (Å²) in [5.41, 5.74) is 2.63. The first-order valence-electron chi connectivity index (χ1n) is 23.5. The number of carbonyl (C=O) groups excluding carboxylic acids is 4. The average Bonchev–Trinajstić information content (AvgIpc) is 3.99. The number of urea groups is 1. The summed E-state index contributed by atoms with van der Waals surface area (Å²) in [7, 11) is 0. The van der Waals surface area contributed by atoms with Gasteiger partial charge in [-0.3, -0.25) is 4.79 Å². The van der Waals surface area contributed by atoms with Gasteiger partial charge in [0.2, 0.25) is 5.91 Å². The molecule has 3 aromatic carbocycles. The number of imidazole rings is 1. The van der Waals surface area contributed by atoms with E-state index in [1.165, 1.54) is 5.56 Å². The van der Waals surface area contributed by atoms with Crippen LogP contribution in [0.5, 0.6) is 0 Å². The number of ether oxygens (including phenoxy) is 2. The number of alkyl carbamates (subject to hydrolysis) is 1. The number of aromatic amines is 2. The van der Waals surface area contributed by atoms with Gasteiger partial charge in [-0.25, -0.2) is 19.4 Å². The lowest BCUT2D eigenvalue weighted by atomic mass is 9.88. The Kier molecular flexibility index (Phi) is 17.6. The number of carbonyl (C=O) groups is 4. The number of amides is 4. The number of unbranched alkanes of at least 4 members (excludes halogenated alkanes) is 1. The second-order valence-corrected chi connectivity index (χ2v) is 18.6. The molecule has 6 N–H and O–H groups in total. The lowest BCUT2D eigenvalue weighted by molar-refractivity contribution is -0.159. The van der Waals surface area contributed by atoms with Gasteiger partial charge in [0.1, 0.15) is 24.1 Å². The molecule has 14 nitrogen and oxygen atoms in total. The van der Waals surface area contributed by atoms with Gasteiger partial charge in [0.15, 0.2) is 0 Å². The highest BCUT2D eigenvalue weighted by Gasteiger charge is 2.37. The molecule has 0 bridgehead atoms. The second-order valence-electron chi connectivity index (χ2n) is 18.6. The molecule has 5 aromatic rings. The van der Waals surface area contributed by atoms with Crippen molar-refractivity contribution in [3.05, 3.63) is 150 Å². The van der Waals surface area contributed by atoms with E-state index in [1.807, 2.05) is 73.8 Å². The molecule has 356 valence electrons. The van der Waals surface area contributed by atoms with Crippen LogP contribution < -0.4 is 21.3 Å². The molecule has 2 unspecified atom stereocenters. The monoisotopic (exact) mass is 913 g/mol. The van der Waals surface area contributed by atoms with Crippen molar-refractivity contribution in [2.75, 3.05) is 26.2 Å². The van der Waals surface area contributed by atoms with Crippen LogP contribution in [0, 0.1) is 5.92 Å². The highest BCUT2D eigenvalue weighted by Crippen LogP contribution is 2.30. The van der Waals surface area contributed by atoms with Gasteiger partial charge in [-0.15, -0.1) is 0 Å². The van der Waals surface area contributed by atoms with Crippen molar-refractivity contribution in [3.8, 4) is 0 Å². The Hall–Kier alpha value is -6.67. The number of para-hydroxylation sites is 1. The fourth-order valence-corrected chi connectivity index (χ4v) is 8.11. The van der Waals surface area contributed by atoms with E-state index < -0.39 is 41.1 Å². The van der Waals surface area contributed by atoms with Crippen LogP contribution in [0.25, 0.3) is 10.9 Å². The maximum absolute atomic E-state index is 14.2. The lowest BCUT2D eigenvalue weighted by Gasteiger charge is -2.29. The summed E-state index contributed by atoms with van der Waals surface area (Å²) in [5, 5.41) is 13.8. The predicted molar refractivity (Wildman–Crippen MR) is 262 cm³/mol. The highest BCUT2D eigenvalue weighted by molar-refractivity contribution is 5.91. The van der Waals surface area contributed by atoms with Crippen molar-refractivity contribution in [2.45, 2.75) is 109 Å². The van der Waals surface area contributed by atoms with Crippen LogP contribution in [0.15, 0.2) is 122 Å². The maximum atomic E-state index is 14.2. The van der Waals surface area contributed by atoms with E-state index >= 15 is 0 Å². The number of nitrogens with one attached hydrogen (secondary N) is 6. The molecule has 4 amide bonds. The van der Waals surface area contributed by atoms with Crippen LogP contribution in [-0.4, -0.2) is 81.7 Å². The summed E-state index contributed by atoms with van der Waals surface area (Å²) < 4.78 is 11.0. The van der Waals surface area contributed by atoms with E-state index in [0.29, 0.717) is 57.0 Å². The summed E-state index contributed by atoms with van der Waals surface area (Å²) in [6.07, 6.45) is 14.3. The number of hydrogen-bond donors (Lipinski definition) is 6. The molecule has 0 spiro atoms. The zero-order valence-electron chi connectivity index (χ0n) is 39.8. The van der Waals surface area contributed by atoms with Crippen LogP contribution in [0.1, 0.15) is 108 Å². The number of rotatable bonds is 22. The van der Waals surface area contributed by atoms with Crippen molar-refractivity contribution >= 4 is 34.9 Å². The molecule has 0 radical (unpaired) electrons. The average molecular weight is 913 g/mol. The summed E-state index contributed by atoms with van der Waals surface area (Å²) in [5.74, 6) is -0.176. The molecule has 1 aliphatic carbocycles. The minimum atomic E-state index is -1.18. The topological polar surface area (TPSA) is 183 Å². The minimum Gasteiger partial charge on any atom is -0.458 e. The number of hydrogen-bond acceptors (Lipinski definition) is 8. The molecule has 2 aromatic heterocycles. The SMILES string of the molecule is CCN(CCNC(c1ccccc1)C1C=CC=CC1)C(=O)N[C@H](Cc1c[nH]c2ccccc12)c1ncc(C(C)(C)C(=O)N[C@H](CCCCNC(=O)OCc2ccccc2)C(=O)OC(C)(C)C)[nH]1. The summed E-state index contributed by atoms with van der Waals surface area (Å²) >= 11 is 0. The van der Waals surface area contributed by atoms with Crippen LogP contribution in [0.2, 0.25) is 0 Å². The fraction of sp³-hybridized carbons (Fsp3) is 0.415. The third kappa shape index (κ3) is 14.4. The molecule has 0 saturated carbocycles. The van der Waals surface area contributed by atoms with Crippen LogP contribution >= 0.6 is 0 Å². The zero-order valence-corrected chi connectivity index (χ0v) is 39.8. The standard InChI is InChI=1S/C53H68N8O6/c1-7-61(32-31-54-46(38-23-13-9-14-24-38)39-25-15-10-16-26-39)50(64)59-44(33-40-34-56-42-28-18-17-27-41(40)42)47-57-35-45(60-47)53(5,6)49(63)58-43(48(62)67-52(2,3)4)29-19-20-30-55-51(65)66-36-37-21-11-8-12-22-37/h8-18,21-25,27-28,34-35,39,43-44,46,54,56H,7,19-20,26,29-33,36H2,1-6H3,(H,55,65)(H,57,60)(H,58,63)(H,59,64)/t39?,43-,44-,46?/m1/s1. The van der Waals surface area contributed by atoms with E-state index in [-0.39, 0.29) is 31.0 Å². The number of esters is 1. The molecule has 0 aliphatic heterocycles. The van der Waals surface area contributed by atoms with Gasteiger partial charge >= 0.3 is 18.1 Å². The molecule has 4 atom stereocenters. The maximum Gasteiger partial charge on any atom is 0.407 e. The van der Waals surface area contributed by atoms with E-state index in [9.17, 15) is 19.2 Å². The predicted octanol–water partition coefficient (Wildman–Crippen LogP) is 8.87. The van der Waals surface area contributed by atoms with Crippen molar-refractivity contribution in [1.82, 2.24) is 41.1 Å². The van der Waals surface area contributed by atoms with Gasteiger partial charge < -0.3 is 45.6 Å². The first-order chi connectivity index (χ1) is 32.2. The van der Waals surface area contributed by atoms with Crippen LogP contribution in [0.3, 0.4) is 0 Å². The van der Waals surface area contributed by atoms with E-state index in [4.69, 9.17) is 14.5 Å². The largest absolute Gasteiger partial charge is 0.458 e. The number of fused-ring (bicyclic) bond motifs is 1. The summed E-state index contributed by atoms with van der Waals surface area (Å²) in [4.78, 5) is 67.5. The zero-order chi connectivity index (χ0) is 47.8. The molecule has 14 heteroatoms. The summed E-state index contributed by atoms with van der Waals surface area (Å²) in [6, 6.07) is 26.2. The number of benzene rings is 3. The third-order valence-corrected chi connectivity index (χ3v) is 12.0. The Balaban J connectivity index is 1.12. The lowest BCUT2D eigenvalue weighted by Crippen LogP contribution is -2.50. The molecule has 1 aliphatic rings. The van der Waals surface area contributed by atoms with Gasteiger partial charge in [0.25, 0.3) is 0 Å². The number of nitrogens with zero attached hydrogens (tertiary/aromatic N) is 2. The van der Waals surface area contributed by atoms with Crippen LogP contribution in [-0.2, 0) is 37.5 Å². The number of H-pyrrole nitrogens is 2. The van der Waals surface area contributed by atoms with Gasteiger partial charge in [-0.2, -0.15) is 0 Å². The molecule has 67 heavy (non-hydrogen) atoms. The molecular formula is C53H68N8O6. The molecular weight excluding hydrogens is 845 g/mol. The normalized spacial score (nSPS) is 15.0. The van der Waals surface area contributed by atoms with E-state index in [1.54, 1.807) is 45.7 Å². The number of likely N-dealkylation sites (N-methyl/N-ethyl adjacent to an activating group) is 1. The quantitative estimate of drug-likeness (QED) is 0.0294. The Bertz CT molecular complexity index is 2440. The van der Waals surface area contributed by atoms with Crippen LogP contribution in [0.4, 0.5) is 9.59 Å². The van der Waals surface area contributed by atoms with Crippen molar-refractivity contribution < 1.29 is 28.7 Å². The minimum absolute atomic E-state index is 0.0885. The van der Waals surface area contributed by atoms with Crippen molar-refractivity contribution in [1.29, 1.82) is 0 Å². The summed E-state index contributed by atoms with van der Waals surface area (Å²) in [6.45, 7) is 12.9. The fourth-order valence-electron chi connectivity index (χ4n) is 8.11. The van der Waals surface area contributed by atoms with Crippen molar-refractivity contribution in [3.63, 3.8) is 0 Å². The Morgan fingerprint density at radius 3 is 2.33 bits per heavy atom. The Labute approximate surface area is 394 Å². The number of aromatic nitrogens is 3. The smallest absolute Gasteiger partial charge is 0.407 e. The first-order valence-corrected chi connectivity index (χ1v) is 23.5. The van der Waals surface area contributed by atoms with Gasteiger partial charge in [0.05, 0.1) is 11.5 Å². The number of allylic oxidation sites excluding steroid dienone is 3. The van der Waals surface area contributed by atoms with Gasteiger partial charge in [-0.05, 0) is 90.0 Å². The highest BCUT2D eigenvalue weighted by atomic mass is 16.6. The molecule has 0 fully saturated rings. The van der Waals surface area contributed by atoms with Gasteiger partial charge in [0, 0.05) is 73.6 Å². The van der Waals surface area contributed by atoms with Gasteiger partial charge in [-0.1, -0.05) is 103 Å². The Morgan fingerprint density at radius 2 is 1.61 bits per heavy atom. The van der Waals surface area contributed by atoms with E-state index in [2.05, 4.69) is 79.8 Å². The third-order valence-electron chi connectivity index (χ3n) is 12.0.